The maximum atomic E-state index is 12.5. The molecule has 0 unspecified atom stereocenters. The summed E-state index contributed by atoms with van der Waals surface area (Å²) in [5, 5.41) is 12.1. The Morgan fingerprint density at radius 3 is 2.85 bits per heavy atom. The first kappa shape index (κ1) is 23.0. The van der Waals surface area contributed by atoms with Crippen LogP contribution in [0.2, 0.25) is 0 Å². The summed E-state index contributed by atoms with van der Waals surface area (Å²) in [6.07, 6.45) is -2.55. The standard InChI is InChI=1S/C19H23F3N6O5/c1-18(3-4-18)25-17(30)33-11-5-13(31-9-11)12-6-14(27-26-12)24-16(29)15-23-10(7-28(15)2)8-32-19(20,21)22/h6-7,11,13H,3-5,8-9H2,1-2H3,(H,25,30)(H2,24,26,27,29)/t11-,13-/m1/s1. The molecule has 1 aliphatic carbocycles. The van der Waals surface area contributed by atoms with Crippen molar-refractivity contribution < 1.29 is 37.0 Å². The lowest BCUT2D eigenvalue weighted by Crippen LogP contribution is -2.37. The van der Waals surface area contributed by atoms with Crippen molar-refractivity contribution in [3.8, 4) is 0 Å². The third-order valence-electron chi connectivity index (χ3n) is 5.34. The molecule has 0 radical (unpaired) electrons. The highest BCUT2D eigenvalue weighted by atomic mass is 19.4. The number of carbonyl (C=O) groups excluding carboxylic acids is 2. The van der Waals surface area contributed by atoms with Gasteiger partial charge in [-0.05, 0) is 19.8 Å². The smallest absolute Gasteiger partial charge is 0.444 e. The number of rotatable bonds is 7. The van der Waals surface area contributed by atoms with Gasteiger partial charge >= 0.3 is 12.5 Å². The Labute approximate surface area is 186 Å². The van der Waals surface area contributed by atoms with E-state index in [9.17, 15) is 22.8 Å². The molecule has 2 fully saturated rings. The maximum absolute atomic E-state index is 12.5. The number of aromatic nitrogens is 4. The fourth-order valence-corrected chi connectivity index (χ4v) is 3.34. The van der Waals surface area contributed by atoms with Gasteiger partial charge in [-0.3, -0.25) is 14.6 Å². The summed E-state index contributed by atoms with van der Waals surface area (Å²) in [7, 11) is 1.47. The number of hydrogen-bond donors (Lipinski definition) is 3. The number of nitrogens with one attached hydrogen (secondary N) is 3. The number of hydrogen-bond acceptors (Lipinski definition) is 7. The predicted octanol–water partition coefficient (Wildman–Crippen LogP) is 2.54. The van der Waals surface area contributed by atoms with Crippen molar-refractivity contribution >= 4 is 17.8 Å². The minimum atomic E-state index is -4.79. The van der Waals surface area contributed by atoms with Crippen LogP contribution in [0.4, 0.5) is 23.8 Å². The molecule has 3 heterocycles. The van der Waals surface area contributed by atoms with Crippen molar-refractivity contribution in [1.82, 2.24) is 25.1 Å². The van der Waals surface area contributed by atoms with Crippen LogP contribution < -0.4 is 10.6 Å². The highest BCUT2D eigenvalue weighted by Crippen LogP contribution is 2.35. The third-order valence-corrected chi connectivity index (χ3v) is 5.34. The maximum Gasteiger partial charge on any atom is 0.522 e. The molecule has 2 aromatic heterocycles. The van der Waals surface area contributed by atoms with Crippen LogP contribution in [0.1, 0.15) is 54.3 Å². The summed E-state index contributed by atoms with van der Waals surface area (Å²) in [6.45, 7) is 1.37. The molecule has 0 bridgehead atoms. The zero-order valence-corrected chi connectivity index (χ0v) is 17.9. The van der Waals surface area contributed by atoms with Crippen LogP contribution in [0.5, 0.6) is 0 Å². The Morgan fingerprint density at radius 2 is 2.15 bits per heavy atom. The first-order valence-electron chi connectivity index (χ1n) is 10.2. The Bertz CT molecular complexity index is 1030. The number of anilines is 1. The van der Waals surface area contributed by atoms with Gasteiger partial charge in [-0.15, -0.1) is 13.2 Å². The van der Waals surface area contributed by atoms with Crippen LogP contribution in [-0.4, -0.2) is 56.4 Å². The van der Waals surface area contributed by atoms with E-state index in [4.69, 9.17) is 9.47 Å². The molecule has 1 saturated carbocycles. The first-order valence-corrected chi connectivity index (χ1v) is 10.2. The Balaban J connectivity index is 1.29. The largest absolute Gasteiger partial charge is 0.522 e. The van der Waals surface area contributed by atoms with Gasteiger partial charge < -0.3 is 24.7 Å². The molecule has 3 N–H and O–H groups in total. The van der Waals surface area contributed by atoms with Gasteiger partial charge in [0.25, 0.3) is 5.91 Å². The van der Waals surface area contributed by atoms with Gasteiger partial charge in [0.15, 0.2) is 11.6 Å². The third kappa shape index (κ3) is 6.01. The van der Waals surface area contributed by atoms with E-state index >= 15 is 0 Å². The summed E-state index contributed by atoms with van der Waals surface area (Å²) in [4.78, 5) is 28.3. The van der Waals surface area contributed by atoms with Crippen molar-refractivity contribution in [2.24, 2.45) is 7.05 Å². The number of alkyl carbamates (subject to hydrolysis) is 1. The molecule has 14 heteroatoms. The van der Waals surface area contributed by atoms with Gasteiger partial charge in [-0.2, -0.15) is 5.10 Å². The van der Waals surface area contributed by atoms with Gasteiger partial charge in [0.1, 0.15) is 12.2 Å². The Kier molecular flexibility index (Phi) is 6.05. The van der Waals surface area contributed by atoms with E-state index < -0.39 is 37.2 Å². The second kappa shape index (κ2) is 8.67. The lowest BCUT2D eigenvalue weighted by atomic mass is 10.1. The molecular weight excluding hydrogens is 449 g/mol. The number of halogens is 3. The normalized spacial score (nSPS) is 21.6. The molecule has 2 amide bonds. The Morgan fingerprint density at radius 1 is 1.39 bits per heavy atom. The molecule has 0 spiro atoms. The average molecular weight is 472 g/mol. The van der Waals surface area contributed by atoms with E-state index in [-0.39, 0.29) is 29.5 Å². The van der Waals surface area contributed by atoms with Crippen LogP contribution in [0.3, 0.4) is 0 Å². The summed E-state index contributed by atoms with van der Waals surface area (Å²) >= 11 is 0. The van der Waals surface area contributed by atoms with Crippen LogP contribution in [-0.2, 0) is 27.9 Å². The highest BCUT2D eigenvalue weighted by molar-refractivity contribution is 6.01. The van der Waals surface area contributed by atoms with E-state index in [1.54, 1.807) is 6.07 Å². The molecule has 4 rings (SSSR count). The van der Waals surface area contributed by atoms with Crippen LogP contribution in [0.15, 0.2) is 12.3 Å². The monoisotopic (exact) mass is 472 g/mol. The number of ether oxygens (including phenoxy) is 3. The van der Waals surface area contributed by atoms with E-state index in [0.717, 1.165) is 12.8 Å². The minimum absolute atomic E-state index is 0.0483. The zero-order chi connectivity index (χ0) is 23.8. The second-order valence-corrected chi connectivity index (χ2v) is 8.33. The average Bonchev–Trinajstić information content (AvgIpc) is 3.12. The topological polar surface area (TPSA) is 132 Å². The molecule has 1 aliphatic heterocycles. The zero-order valence-electron chi connectivity index (χ0n) is 17.9. The number of aryl methyl sites for hydroxylation is 1. The summed E-state index contributed by atoms with van der Waals surface area (Å²) in [5.74, 6) is -0.590. The Hall–Kier alpha value is -3.13. The van der Waals surface area contributed by atoms with Crippen molar-refractivity contribution in [1.29, 1.82) is 0 Å². The summed E-state index contributed by atoms with van der Waals surface area (Å²) in [5.41, 5.74) is 0.351. The minimum Gasteiger partial charge on any atom is -0.444 e. The van der Waals surface area contributed by atoms with Gasteiger partial charge in [0, 0.05) is 31.3 Å². The molecule has 1 saturated heterocycles. The van der Waals surface area contributed by atoms with Gasteiger partial charge in [0.05, 0.1) is 24.6 Å². The quantitative estimate of drug-likeness (QED) is 0.564. The van der Waals surface area contributed by atoms with Crippen LogP contribution >= 0.6 is 0 Å². The van der Waals surface area contributed by atoms with Crippen LogP contribution in [0.25, 0.3) is 0 Å². The molecule has 11 nitrogen and oxygen atoms in total. The fraction of sp³-hybridized carbons (Fsp3) is 0.579. The van der Waals surface area contributed by atoms with Gasteiger partial charge in [-0.1, -0.05) is 0 Å². The highest BCUT2D eigenvalue weighted by Gasteiger charge is 2.40. The molecular formula is C19H23F3N6O5. The van der Waals surface area contributed by atoms with E-state index in [0.29, 0.717) is 12.1 Å². The number of aromatic amines is 1. The SMILES string of the molecule is Cn1cc(COC(F)(F)F)nc1C(=O)Nc1cc([C@H]2C[C@@H](OC(=O)NC3(C)CC3)CO2)[nH]n1. The number of carbonyl (C=O) groups is 2. The van der Waals surface area contributed by atoms with Crippen molar-refractivity contribution in [3.63, 3.8) is 0 Å². The first-order chi connectivity index (χ1) is 15.5. The lowest BCUT2D eigenvalue weighted by molar-refractivity contribution is -0.330. The molecule has 180 valence electrons. The molecule has 0 aromatic carbocycles. The number of nitrogens with zero attached hydrogens (tertiary/aromatic N) is 3. The number of imidazole rings is 1. The molecule has 2 aliphatic rings. The molecule has 2 aromatic rings. The summed E-state index contributed by atoms with van der Waals surface area (Å²) < 4.78 is 52.7. The fourth-order valence-electron chi connectivity index (χ4n) is 3.34. The lowest BCUT2D eigenvalue weighted by Gasteiger charge is -2.15. The van der Waals surface area contributed by atoms with Gasteiger partial charge in [-0.25, -0.2) is 9.78 Å². The predicted molar refractivity (Wildman–Crippen MR) is 105 cm³/mol. The number of H-pyrrole nitrogens is 1. The summed E-state index contributed by atoms with van der Waals surface area (Å²) in [6, 6.07) is 1.56. The van der Waals surface area contributed by atoms with E-state index in [2.05, 4.69) is 30.6 Å². The van der Waals surface area contributed by atoms with E-state index in [1.807, 2.05) is 6.92 Å². The molecule has 2 atom stereocenters. The van der Waals surface area contributed by atoms with Crippen molar-refractivity contribution in [2.75, 3.05) is 11.9 Å². The van der Waals surface area contributed by atoms with Crippen molar-refractivity contribution in [2.45, 2.75) is 56.9 Å². The van der Waals surface area contributed by atoms with Crippen LogP contribution in [0, 0.1) is 0 Å². The van der Waals surface area contributed by atoms with Gasteiger partial charge in [0.2, 0.25) is 0 Å². The van der Waals surface area contributed by atoms with E-state index in [1.165, 1.54) is 17.8 Å². The number of alkyl halides is 3. The van der Waals surface area contributed by atoms with Crippen molar-refractivity contribution in [3.05, 3.63) is 29.5 Å². The second-order valence-electron chi connectivity index (χ2n) is 8.33. The number of amides is 2. The molecule has 33 heavy (non-hydrogen) atoms.